The third-order valence-electron chi connectivity index (χ3n) is 49.2. The SMILES string of the molecule is C=C1CCC2(O)C3Cc4c(CO)ccc5c4[C@@]2(CC[N+]3(C)C)C1O5.C=C1CCC2C3Cc4c(O)ccc5c4[C@@]2(CC[N+]3(C)C)C1O5.C[C@H]1CCC2(O)C3Cc4c(O)ccc5c4[C@@]2(CC[N@+]3(C)CC2CCC2)C1O5.C[C@H]1CCC2(O)C3Cc4c(O)ccc5c4[C@@]2(CC[N@@+]3(C)CC2CCC2)C1O5.C[N+]1(C)CC[C@@]23c4c5ccc(O)c4OC2C(=O)CCC3C1C5.C[N@+]1(CC2CCC2)CC[C@@]23c4c5ccc(O)c4OC2[C@H](O)CCC3(O)C1C5. The van der Waals surface area contributed by atoms with Crippen LogP contribution in [0.3, 0.4) is 0 Å². The fraction of sp³-hybridized carbons (Fsp3) is 0.672. The maximum atomic E-state index is 12.6. The van der Waals surface area contributed by atoms with Crippen molar-refractivity contribution in [3.8, 4) is 63.2 Å². The largest absolute Gasteiger partial charge is 0.508 e. The molecule has 9 saturated carbocycles. The molecule has 30 atom stereocenters. The summed E-state index contributed by atoms with van der Waals surface area (Å²) in [5.74, 6) is 11.2. The molecule has 6 saturated heterocycles. The Labute approximate surface area is 879 Å². The number of benzene rings is 6. The summed E-state index contributed by atoms with van der Waals surface area (Å²) in [6, 6.07) is 24.5. The Morgan fingerprint density at radius 1 is 0.349 bits per heavy atom. The normalized spacial score (nSPS) is 44.1. The van der Waals surface area contributed by atoms with Crippen molar-refractivity contribution in [2.45, 2.75) is 366 Å². The van der Waals surface area contributed by atoms with Crippen LogP contribution in [0.4, 0.5) is 0 Å². The molecule has 12 bridgehead atoms. The maximum absolute atomic E-state index is 12.6. The molecule has 6 aromatic carbocycles. The van der Waals surface area contributed by atoms with Gasteiger partial charge in [0.1, 0.15) is 117 Å². The molecule has 27 aliphatic rings. The molecule has 12 aliphatic heterocycles. The van der Waals surface area contributed by atoms with Gasteiger partial charge in [-0.1, -0.05) is 64.5 Å². The van der Waals surface area contributed by atoms with Crippen LogP contribution in [0.5, 0.6) is 63.2 Å². The van der Waals surface area contributed by atoms with Crippen molar-refractivity contribution < 1.29 is 116 Å². The Bertz CT molecular complexity index is 6500. The quantitative estimate of drug-likeness (QED) is 0.0523. The summed E-state index contributed by atoms with van der Waals surface area (Å²) in [5, 5.41) is 122. The summed E-state index contributed by atoms with van der Waals surface area (Å²) in [7, 11) is 20.9. The Balaban J connectivity index is 0.0000000862. The molecule has 798 valence electrons. The zero-order valence-corrected chi connectivity index (χ0v) is 90.3. The van der Waals surface area contributed by atoms with Gasteiger partial charge in [0.2, 0.25) is 0 Å². The second-order valence-electron chi connectivity index (χ2n) is 56.4. The Hall–Kier alpha value is -8.21. The summed E-state index contributed by atoms with van der Waals surface area (Å²) >= 11 is 0. The molecule has 18 unspecified atom stereocenters. The van der Waals surface area contributed by atoms with Gasteiger partial charge in [-0.25, -0.2) is 0 Å². The number of aromatic hydroxyl groups is 5. The number of aliphatic hydroxyl groups excluding tert-OH is 2. The van der Waals surface area contributed by atoms with E-state index in [0.29, 0.717) is 83.8 Å². The minimum absolute atomic E-state index is 0.0445. The van der Waals surface area contributed by atoms with Gasteiger partial charge in [-0.2, -0.15) is 0 Å². The number of phenols is 5. The number of quaternary nitrogens is 6. The number of nitrogens with zero attached hydrogens (tertiary/aromatic N) is 6. The molecular weight excluding hydrogens is 1870 g/mol. The van der Waals surface area contributed by atoms with Crippen molar-refractivity contribution in [2.24, 2.45) is 41.4 Å². The van der Waals surface area contributed by atoms with Crippen LogP contribution in [0.2, 0.25) is 0 Å². The van der Waals surface area contributed by atoms with Crippen molar-refractivity contribution >= 4 is 5.78 Å². The first-order chi connectivity index (χ1) is 70.9. The predicted octanol–water partition coefficient (Wildman–Crippen LogP) is 14.3. The van der Waals surface area contributed by atoms with Crippen molar-refractivity contribution in [3.05, 3.63) is 169 Å². The Kier molecular flexibility index (Phi) is 21.0. The Morgan fingerprint density at radius 3 is 1.28 bits per heavy atom. The number of hydrogen-bond donors (Lipinski definition) is 11. The van der Waals surface area contributed by atoms with E-state index in [4.69, 9.17) is 28.4 Å². The van der Waals surface area contributed by atoms with Crippen LogP contribution < -0.4 is 28.4 Å². The van der Waals surface area contributed by atoms with Gasteiger partial charge in [0, 0.05) is 163 Å². The van der Waals surface area contributed by atoms with Crippen LogP contribution in [0.15, 0.2) is 97.1 Å². The van der Waals surface area contributed by atoms with E-state index in [1.807, 2.05) is 54.6 Å². The number of carbonyl (C=O) groups excluding carboxylic acids is 1. The average Bonchev–Trinajstić information content (AvgIpc) is 1.70. The number of ether oxygens (including phenoxy) is 6. The van der Waals surface area contributed by atoms with E-state index < -0.39 is 40.0 Å². The molecule has 24 heteroatoms. The molecule has 0 amide bonds. The fourth-order valence-corrected chi connectivity index (χ4v) is 41.4. The molecule has 6 aromatic rings. The topological polar surface area (TPSA) is 295 Å². The third kappa shape index (κ3) is 12.3. The molecule has 0 radical (unpaired) electrons. The highest BCUT2D eigenvalue weighted by Crippen LogP contribution is 2.75. The summed E-state index contributed by atoms with van der Waals surface area (Å²) in [4.78, 5) is 12.6. The first kappa shape index (κ1) is 97.7. The summed E-state index contributed by atoms with van der Waals surface area (Å²) < 4.78 is 43.9. The second kappa shape index (κ2) is 32.1. The van der Waals surface area contributed by atoms with Gasteiger partial charge < -0.3 is 111 Å². The molecule has 33 rings (SSSR count). The van der Waals surface area contributed by atoms with Crippen LogP contribution in [0.1, 0.15) is 260 Å². The maximum Gasteiger partial charge on any atom is 0.174 e. The van der Waals surface area contributed by atoms with Gasteiger partial charge in [-0.15, -0.1) is 0 Å². The first-order valence-electron chi connectivity index (χ1n) is 58.4. The number of ketones is 1. The van der Waals surface area contributed by atoms with Gasteiger partial charge in [0.25, 0.3) is 0 Å². The zero-order chi connectivity index (χ0) is 103. The molecule has 11 N–H and O–H groups in total. The second-order valence-corrected chi connectivity index (χ2v) is 56.4. The summed E-state index contributed by atoms with van der Waals surface area (Å²) in [5.41, 5.74) is 12.6. The van der Waals surface area contributed by atoms with E-state index >= 15 is 0 Å². The van der Waals surface area contributed by atoms with Crippen LogP contribution in [-0.2, 0) is 82.4 Å². The highest BCUT2D eigenvalue weighted by Gasteiger charge is 2.82. The van der Waals surface area contributed by atoms with Crippen molar-refractivity contribution in [3.63, 3.8) is 0 Å². The van der Waals surface area contributed by atoms with Crippen molar-refractivity contribution in [1.82, 2.24) is 0 Å². The number of piperidine rings is 6. The molecular formula is C125H166N6O18+6. The number of hydrogen-bond acceptors (Lipinski definition) is 18. The lowest BCUT2D eigenvalue weighted by molar-refractivity contribution is -0.952. The predicted molar refractivity (Wildman–Crippen MR) is 563 cm³/mol. The molecule has 0 aromatic heterocycles. The van der Waals surface area contributed by atoms with Crippen LogP contribution in [0.25, 0.3) is 0 Å². The zero-order valence-electron chi connectivity index (χ0n) is 90.3. The van der Waals surface area contributed by atoms with Crippen molar-refractivity contribution in [1.29, 1.82) is 0 Å². The van der Waals surface area contributed by atoms with Gasteiger partial charge in [-0.05, 0) is 209 Å². The number of carbonyl (C=O) groups is 1. The van der Waals surface area contributed by atoms with Crippen LogP contribution in [-0.4, -0.2) is 313 Å². The van der Waals surface area contributed by atoms with Crippen LogP contribution >= 0.6 is 0 Å². The smallest absolute Gasteiger partial charge is 0.174 e. The van der Waals surface area contributed by atoms with Gasteiger partial charge >= 0.3 is 0 Å². The minimum Gasteiger partial charge on any atom is -0.508 e. The van der Waals surface area contributed by atoms with Crippen LogP contribution in [0, 0.1) is 41.4 Å². The standard InChI is InChI=1S/2C23H31NO3.C22H29NO4.C20H26NO3.C19H23NO2.C18H21NO3/c2*1-14-8-9-23(26)19-12-16-17(25)6-7-18-20(16)22(23,21(14)27-18)10-11-24(19,2)13-15-4-3-5-15;1-23(12-13-3-2-4-13)10-9-21-18-14-5-6-15(24)19(18)27-20(21)16(25)7-8-22(21,26)17(23)11-14;1-12-6-7-20(23)16-10-14-13(11-22)4-5-15-17(14)19(20,18(12)24-15)8-9-21(16,2)3;1-11-4-5-13-14-10-12-15(21)6-7-16-17(12)19(13,18(11)22-16)8-9-20(14,2)3;1-19(2)8-7-18-11-4-6-14(21)17(18)22-16-13(20)5-3-10(15(16)18)9-12(11)19/h2*6-7,14-15,19,21,26H,3-5,8-13H2,1-2H3;5-6,13,16-17,20,25-26H,2-4,7-12H2,1H3;4-5,16,18,22-23H,1,6-11H2,2-3H3;6-7,13-14,18H,1,4-5,8-10H2,2-3H3;3,5,11-12,17H,4,6-9H2,1-2H3/q;;;+1;;/p+5/t14-,19?,21?,22-,23?,24+;14-,19?,21?,22-,23?,24-;16-,17?,20?,21-,22?,23-;16?,18?,19-,20?;13?,14?,18?,19-;11?,12?,17?,18-/m001001/s1. The lowest BCUT2D eigenvalue weighted by Crippen LogP contribution is -2.81. The molecule has 149 heavy (non-hydrogen) atoms. The summed E-state index contributed by atoms with van der Waals surface area (Å²) in [6.07, 6.45) is 32.3. The average molecular weight is 2040 g/mol. The molecule has 6 spiro atoms. The molecule has 12 heterocycles. The number of aliphatic hydroxyl groups is 6. The Morgan fingerprint density at radius 2 is 0.758 bits per heavy atom. The van der Waals surface area contributed by atoms with Gasteiger partial charge in [-0.3, -0.25) is 4.79 Å². The molecule has 15 fully saturated rings. The van der Waals surface area contributed by atoms with Gasteiger partial charge in [0.05, 0.1) is 180 Å². The highest BCUT2D eigenvalue weighted by atomic mass is 16.5. The number of Topliss-reactive ketones (excluding diaryl/α,β-unsaturated/α-hetero) is 1. The number of likely N-dealkylation sites (tertiary alicyclic amines) is 6. The van der Waals surface area contributed by atoms with E-state index in [9.17, 15) is 61.0 Å². The van der Waals surface area contributed by atoms with E-state index in [1.165, 1.54) is 123 Å². The first-order valence-corrected chi connectivity index (χ1v) is 58.4. The van der Waals surface area contributed by atoms with E-state index in [2.05, 4.69) is 96.5 Å². The van der Waals surface area contributed by atoms with E-state index in [-0.39, 0.29) is 106 Å². The minimum atomic E-state index is -0.875. The fourth-order valence-electron chi connectivity index (χ4n) is 41.4. The number of phenolic OH excluding ortho intramolecular Hbond substituents is 5. The molecule has 15 aliphatic carbocycles. The number of likely N-dealkylation sites (N-methyl/N-ethyl adjacent to an activating group) is 6. The van der Waals surface area contributed by atoms with Gasteiger partial charge in [0.15, 0.2) is 34.9 Å². The third-order valence-corrected chi connectivity index (χ3v) is 49.2. The lowest BCUT2D eigenvalue weighted by atomic mass is 9.47. The highest BCUT2D eigenvalue weighted by molar-refractivity contribution is 5.89. The summed E-state index contributed by atoms with van der Waals surface area (Å²) in [6.45, 7) is 23.3. The van der Waals surface area contributed by atoms with E-state index in [0.717, 1.165) is 280 Å². The number of rotatable bonds is 7. The van der Waals surface area contributed by atoms with Crippen molar-refractivity contribution in [2.75, 3.05) is 122 Å². The monoisotopic (exact) mass is 2040 g/mol. The lowest BCUT2D eigenvalue weighted by Gasteiger charge is -2.66. The molecule has 24 nitrogen and oxygen atoms in total. The van der Waals surface area contributed by atoms with E-state index in [1.54, 1.807) is 12.1 Å².